The van der Waals surface area contributed by atoms with Crippen LogP contribution >= 0.6 is 35.0 Å². The van der Waals surface area contributed by atoms with Gasteiger partial charge in [0.1, 0.15) is 5.15 Å². The second-order valence-electron chi connectivity index (χ2n) is 3.04. The minimum Gasteiger partial charge on any atom is -0.221 e. The molecule has 2 aromatic rings. The average Bonchev–Trinajstić information content (AvgIpc) is 2.58. The van der Waals surface area contributed by atoms with Crippen molar-refractivity contribution in [3.63, 3.8) is 0 Å². The Hall–Kier alpha value is -0.780. The van der Waals surface area contributed by atoms with Crippen LogP contribution < -0.4 is 0 Å². The van der Waals surface area contributed by atoms with Gasteiger partial charge in [-0.15, -0.1) is 0 Å². The summed E-state index contributed by atoms with van der Waals surface area (Å²) in [4.78, 5) is 8.34. The third kappa shape index (κ3) is 2.31. The van der Waals surface area contributed by atoms with E-state index in [1.807, 2.05) is 13.2 Å². The van der Waals surface area contributed by atoms with Crippen molar-refractivity contribution >= 4 is 35.0 Å². The van der Waals surface area contributed by atoms with E-state index in [2.05, 4.69) is 15.1 Å². The van der Waals surface area contributed by atoms with Crippen LogP contribution in [0.5, 0.6) is 0 Å². The number of thioether (sulfide) groups is 1. The zero-order chi connectivity index (χ0) is 11.7. The number of halogens is 2. The lowest BCUT2D eigenvalue weighted by atomic mass is 10.5. The Balaban J connectivity index is 2.50. The van der Waals surface area contributed by atoms with Gasteiger partial charge in [0.2, 0.25) is 0 Å². The summed E-state index contributed by atoms with van der Waals surface area (Å²) in [7, 11) is 0. The summed E-state index contributed by atoms with van der Waals surface area (Å²) in [6, 6.07) is 1.64. The molecule has 0 unspecified atom stereocenters. The van der Waals surface area contributed by atoms with Crippen LogP contribution in [0.2, 0.25) is 10.2 Å². The Labute approximate surface area is 107 Å². The predicted molar refractivity (Wildman–Crippen MR) is 65.7 cm³/mol. The van der Waals surface area contributed by atoms with E-state index in [9.17, 15) is 0 Å². The van der Waals surface area contributed by atoms with Crippen molar-refractivity contribution in [1.82, 2.24) is 19.7 Å². The van der Waals surface area contributed by atoms with E-state index in [1.54, 1.807) is 16.9 Å². The van der Waals surface area contributed by atoms with Crippen molar-refractivity contribution in [2.45, 2.75) is 12.1 Å². The van der Waals surface area contributed by atoms with Gasteiger partial charge in [0.15, 0.2) is 11.0 Å². The van der Waals surface area contributed by atoms with E-state index in [1.165, 1.54) is 11.8 Å². The predicted octanol–water partition coefficient (Wildman–Crippen LogP) is 3.00. The lowest BCUT2D eigenvalue weighted by molar-refractivity contribution is 0.798. The highest BCUT2D eigenvalue weighted by molar-refractivity contribution is 7.98. The highest BCUT2D eigenvalue weighted by atomic mass is 35.5. The number of aromatic nitrogens is 4. The van der Waals surface area contributed by atoms with Crippen LogP contribution in [0.3, 0.4) is 0 Å². The first-order valence-electron chi connectivity index (χ1n) is 4.41. The standard InChI is InChI=1S/C9H8Cl2N4S/c1-5-6(10)4-15(14-5)8-3-7(11)12-9(13-8)16-2/h3-4H,1-2H3. The van der Waals surface area contributed by atoms with Gasteiger partial charge in [-0.25, -0.2) is 14.6 Å². The van der Waals surface area contributed by atoms with Crippen LogP contribution in [0.1, 0.15) is 5.69 Å². The summed E-state index contributed by atoms with van der Waals surface area (Å²) < 4.78 is 1.59. The van der Waals surface area contributed by atoms with Crippen molar-refractivity contribution in [2.75, 3.05) is 6.26 Å². The van der Waals surface area contributed by atoms with Gasteiger partial charge >= 0.3 is 0 Å². The first-order chi connectivity index (χ1) is 7.60. The minimum absolute atomic E-state index is 0.388. The monoisotopic (exact) mass is 274 g/mol. The second kappa shape index (κ2) is 4.61. The molecule has 0 atom stereocenters. The molecule has 84 valence electrons. The van der Waals surface area contributed by atoms with Gasteiger partial charge in [-0.3, -0.25) is 0 Å². The molecular formula is C9H8Cl2N4S. The summed E-state index contributed by atoms with van der Waals surface area (Å²) in [5, 5.41) is 5.81. The van der Waals surface area contributed by atoms with Crippen LogP contribution in [-0.2, 0) is 0 Å². The fraction of sp³-hybridized carbons (Fsp3) is 0.222. The smallest absolute Gasteiger partial charge is 0.190 e. The Morgan fingerprint density at radius 1 is 1.31 bits per heavy atom. The van der Waals surface area contributed by atoms with Crippen LogP contribution in [0.15, 0.2) is 17.4 Å². The quantitative estimate of drug-likeness (QED) is 0.480. The van der Waals surface area contributed by atoms with Crippen LogP contribution in [0.25, 0.3) is 5.82 Å². The molecule has 0 spiro atoms. The molecule has 2 heterocycles. The first-order valence-corrected chi connectivity index (χ1v) is 6.39. The molecule has 0 aliphatic carbocycles. The van der Waals surface area contributed by atoms with Crippen LogP contribution in [-0.4, -0.2) is 26.0 Å². The molecule has 16 heavy (non-hydrogen) atoms. The van der Waals surface area contributed by atoms with E-state index in [4.69, 9.17) is 23.2 Å². The van der Waals surface area contributed by atoms with Crippen molar-refractivity contribution < 1.29 is 0 Å². The first kappa shape index (κ1) is 11.7. The zero-order valence-electron chi connectivity index (χ0n) is 8.61. The molecule has 0 bridgehead atoms. The third-order valence-electron chi connectivity index (χ3n) is 1.92. The van der Waals surface area contributed by atoms with Crippen molar-refractivity contribution in [3.05, 3.63) is 28.1 Å². The molecule has 2 rings (SSSR count). The molecule has 0 N–H and O–H groups in total. The van der Waals surface area contributed by atoms with E-state index in [0.717, 1.165) is 5.69 Å². The SMILES string of the molecule is CSc1nc(Cl)cc(-n2cc(Cl)c(C)n2)n1. The Bertz CT molecular complexity index is 507. The minimum atomic E-state index is 0.388. The van der Waals surface area contributed by atoms with Gasteiger partial charge in [0, 0.05) is 6.07 Å². The summed E-state index contributed by atoms with van der Waals surface area (Å²) in [5.41, 5.74) is 0.752. The molecule has 2 aromatic heterocycles. The lowest BCUT2D eigenvalue weighted by Crippen LogP contribution is -2.00. The molecule has 7 heteroatoms. The van der Waals surface area contributed by atoms with Gasteiger partial charge in [0.25, 0.3) is 0 Å². The summed E-state index contributed by atoms with van der Waals surface area (Å²) in [5.74, 6) is 0.611. The van der Waals surface area contributed by atoms with E-state index in [-0.39, 0.29) is 0 Å². The molecule has 0 amide bonds. The Kier molecular flexibility index (Phi) is 3.37. The molecule has 0 aliphatic rings. The maximum Gasteiger partial charge on any atom is 0.190 e. The van der Waals surface area contributed by atoms with E-state index < -0.39 is 0 Å². The fourth-order valence-corrected chi connectivity index (χ4v) is 1.88. The third-order valence-corrected chi connectivity index (χ3v) is 3.03. The molecule has 0 saturated heterocycles. The normalized spacial score (nSPS) is 10.8. The van der Waals surface area contributed by atoms with Crippen LogP contribution in [0, 0.1) is 6.92 Å². The number of hydrogen-bond acceptors (Lipinski definition) is 4. The summed E-state index contributed by atoms with van der Waals surface area (Å²) >= 11 is 13.2. The fourth-order valence-electron chi connectivity index (χ4n) is 1.15. The molecule has 4 nitrogen and oxygen atoms in total. The van der Waals surface area contributed by atoms with Crippen LogP contribution in [0.4, 0.5) is 0 Å². The lowest BCUT2D eigenvalue weighted by Gasteiger charge is -2.02. The molecule has 0 aromatic carbocycles. The molecule has 0 saturated carbocycles. The largest absolute Gasteiger partial charge is 0.221 e. The topological polar surface area (TPSA) is 43.6 Å². The number of hydrogen-bond donors (Lipinski definition) is 0. The van der Waals surface area contributed by atoms with Gasteiger partial charge in [-0.05, 0) is 13.2 Å². The van der Waals surface area contributed by atoms with Crippen molar-refractivity contribution in [1.29, 1.82) is 0 Å². The van der Waals surface area contributed by atoms with Gasteiger partial charge in [-0.2, -0.15) is 5.10 Å². The van der Waals surface area contributed by atoms with E-state index >= 15 is 0 Å². The number of rotatable bonds is 2. The highest BCUT2D eigenvalue weighted by Gasteiger charge is 2.08. The van der Waals surface area contributed by atoms with Gasteiger partial charge < -0.3 is 0 Å². The van der Waals surface area contributed by atoms with E-state index in [0.29, 0.717) is 21.2 Å². The van der Waals surface area contributed by atoms with Crippen molar-refractivity contribution in [2.24, 2.45) is 0 Å². The number of aryl methyl sites for hydroxylation is 1. The Morgan fingerprint density at radius 2 is 2.06 bits per heavy atom. The molecule has 0 fully saturated rings. The Morgan fingerprint density at radius 3 is 2.62 bits per heavy atom. The summed E-state index contributed by atoms with van der Waals surface area (Å²) in [6.07, 6.45) is 3.58. The van der Waals surface area contributed by atoms with Crippen molar-refractivity contribution in [3.8, 4) is 5.82 Å². The highest BCUT2D eigenvalue weighted by Crippen LogP contribution is 2.19. The average molecular weight is 275 g/mol. The molecule has 0 aliphatic heterocycles. The summed E-state index contributed by atoms with van der Waals surface area (Å²) in [6.45, 7) is 1.83. The maximum atomic E-state index is 5.93. The maximum absolute atomic E-state index is 5.93. The van der Waals surface area contributed by atoms with Gasteiger partial charge in [-0.1, -0.05) is 35.0 Å². The zero-order valence-corrected chi connectivity index (χ0v) is 10.9. The molecule has 0 radical (unpaired) electrons. The van der Waals surface area contributed by atoms with Gasteiger partial charge in [0.05, 0.1) is 16.9 Å². The number of nitrogens with zero attached hydrogens (tertiary/aromatic N) is 4. The molecular weight excluding hydrogens is 267 g/mol. The second-order valence-corrected chi connectivity index (χ2v) is 4.61.